The van der Waals surface area contributed by atoms with Crippen molar-refractivity contribution in [2.24, 2.45) is 0 Å². The van der Waals surface area contributed by atoms with Crippen molar-refractivity contribution < 1.29 is 4.79 Å². The summed E-state index contributed by atoms with van der Waals surface area (Å²) in [5, 5.41) is 0. The first-order chi connectivity index (χ1) is 7.29. The van der Waals surface area contributed by atoms with Crippen LogP contribution in [-0.4, -0.2) is 11.3 Å². The van der Waals surface area contributed by atoms with Crippen LogP contribution in [0.1, 0.15) is 10.4 Å². The van der Waals surface area contributed by atoms with Crippen molar-refractivity contribution in [1.82, 2.24) is 4.98 Å². The standard InChI is InChI=1S/C12H10N2O/c13-12-7-11(5-6-14-12)10-3-1-9(8-15)2-4-10/h1-8H,(H2,13,14). The largest absolute Gasteiger partial charge is 0.384 e. The fraction of sp³-hybridized carbons (Fsp3) is 0. The maximum absolute atomic E-state index is 10.5. The molecule has 1 heterocycles. The number of benzene rings is 1. The van der Waals surface area contributed by atoms with Gasteiger partial charge >= 0.3 is 0 Å². The van der Waals surface area contributed by atoms with Crippen LogP contribution in [-0.2, 0) is 0 Å². The Balaban J connectivity index is 2.41. The van der Waals surface area contributed by atoms with Gasteiger partial charge in [0.2, 0.25) is 0 Å². The normalized spacial score (nSPS) is 9.87. The molecule has 2 aromatic rings. The van der Waals surface area contributed by atoms with Crippen molar-refractivity contribution >= 4 is 12.1 Å². The van der Waals surface area contributed by atoms with E-state index in [1.165, 1.54) is 0 Å². The van der Waals surface area contributed by atoms with Crippen LogP contribution >= 0.6 is 0 Å². The monoisotopic (exact) mass is 198 g/mol. The number of carbonyl (C=O) groups excluding carboxylic acids is 1. The second-order valence-electron chi connectivity index (χ2n) is 3.21. The number of aldehydes is 1. The summed E-state index contributed by atoms with van der Waals surface area (Å²) in [6.07, 6.45) is 2.49. The fourth-order valence-corrected chi connectivity index (χ4v) is 1.38. The first-order valence-electron chi connectivity index (χ1n) is 4.57. The lowest BCUT2D eigenvalue weighted by atomic mass is 10.1. The molecule has 1 aromatic carbocycles. The number of hydrogen-bond donors (Lipinski definition) is 1. The number of aromatic nitrogens is 1. The highest BCUT2D eigenvalue weighted by Crippen LogP contribution is 2.20. The van der Waals surface area contributed by atoms with Gasteiger partial charge in [0.25, 0.3) is 0 Å². The zero-order valence-corrected chi connectivity index (χ0v) is 8.05. The fourth-order valence-electron chi connectivity index (χ4n) is 1.38. The zero-order valence-electron chi connectivity index (χ0n) is 8.05. The molecule has 0 radical (unpaired) electrons. The van der Waals surface area contributed by atoms with Crippen molar-refractivity contribution in [1.29, 1.82) is 0 Å². The Morgan fingerprint density at radius 1 is 1.07 bits per heavy atom. The highest BCUT2D eigenvalue weighted by Gasteiger charge is 1.98. The van der Waals surface area contributed by atoms with E-state index in [1.54, 1.807) is 24.4 Å². The predicted molar refractivity (Wildman–Crippen MR) is 59.5 cm³/mol. The average molecular weight is 198 g/mol. The van der Waals surface area contributed by atoms with Crippen LogP contribution in [0.2, 0.25) is 0 Å². The SMILES string of the molecule is Nc1cc(-c2ccc(C=O)cc2)ccn1. The number of rotatable bonds is 2. The van der Waals surface area contributed by atoms with E-state index in [9.17, 15) is 4.79 Å². The first kappa shape index (κ1) is 9.40. The van der Waals surface area contributed by atoms with E-state index in [2.05, 4.69) is 4.98 Å². The number of hydrogen-bond acceptors (Lipinski definition) is 3. The maximum atomic E-state index is 10.5. The van der Waals surface area contributed by atoms with E-state index >= 15 is 0 Å². The molecule has 0 saturated heterocycles. The number of pyridine rings is 1. The summed E-state index contributed by atoms with van der Waals surface area (Å²) in [6.45, 7) is 0. The van der Waals surface area contributed by atoms with Gasteiger partial charge in [-0.3, -0.25) is 4.79 Å². The minimum absolute atomic E-state index is 0.493. The van der Waals surface area contributed by atoms with Crippen LogP contribution in [0, 0.1) is 0 Å². The molecule has 2 rings (SSSR count). The third-order valence-electron chi connectivity index (χ3n) is 2.16. The first-order valence-corrected chi connectivity index (χ1v) is 4.57. The molecule has 3 nitrogen and oxygen atoms in total. The van der Waals surface area contributed by atoms with Gasteiger partial charge in [0.1, 0.15) is 12.1 Å². The molecule has 0 bridgehead atoms. The quantitative estimate of drug-likeness (QED) is 0.752. The van der Waals surface area contributed by atoms with E-state index < -0.39 is 0 Å². The molecular weight excluding hydrogens is 188 g/mol. The Bertz CT molecular complexity index is 477. The second kappa shape index (κ2) is 3.92. The number of nitrogens with two attached hydrogens (primary N) is 1. The summed E-state index contributed by atoms with van der Waals surface area (Å²) >= 11 is 0. The number of nitrogen functional groups attached to an aromatic ring is 1. The maximum Gasteiger partial charge on any atom is 0.150 e. The number of anilines is 1. The van der Waals surface area contributed by atoms with Gasteiger partial charge in [-0.25, -0.2) is 4.98 Å². The molecule has 2 N–H and O–H groups in total. The van der Waals surface area contributed by atoms with E-state index in [-0.39, 0.29) is 0 Å². The van der Waals surface area contributed by atoms with Crippen molar-refractivity contribution in [2.45, 2.75) is 0 Å². The molecule has 0 aliphatic rings. The van der Waals surface area contributed by atoms with Gasteiger partial charge in [0.05, 0.1) is 0 Å². The summed E-state index contributed by atoms with van der Waals surface area (Å²) < 4.78 is 0. The van der Waals surface area contributed by atoms with Crippen LogP contribution in [0.5, 0.6) is 0 Å². The van der Waals surface area contributed by atoms with Gasteiger partial charge in [-0.05, 0) is 23.3 Å². The molecule has 0 aliphatic carbocycles. The molecule has 15 heavy (non-hydrogen) atoms. The minimum atomic E-state index is 0.493. The molecule has 0 spiro atoms. The second-order valence-corrected chi connectivity index (χ2v) is 3.21. The van der Waals surface area contributed by atoms with Crippen LogP contribution in [0.15, 0.2) is 42.6 Å². The van der Waals surface area contributed by atoms with E-state index in [1.807, 2.05) is 18.2 Å². The molecular formula is C12H10N2O. The van der Waals surface area contributed by atoms with Gasteiger partial charge in [-0.1, -0.05) is 24.3 Å². The van der Waals surface area contributed by atoms with Crippen molar-refractivity contribution in [3.63, 3.8) is 0 Å². The summed E-state index contributed by atoms with van der Waals surface area (Å²) in [6, 6.07) is 11.0. The Hall–Kier alpha value is -2.16. The molecule has 0 fully saturated rings. The van der Waals surface area contributed by atoms with E-state index in [0.717, 1.165) is 17.4 Å². The average Bonchev–Trinajstić information content (AvgIpc) is 2.29. The lowest BCUT2D eigenvalue weighted by molar-refractivity contribution is 0.112. The minimum Gasteiger partial charge on any atom is -0.384 e. The Morgan fingerprint density at radius 2 is 1.80 bits per heavy atom. The summed E-state index contributed by atoms with van der Waals surface area (Å²) in [5.74, 6) is 0.493. The molecule has 3 heteroatoms. The third kappa shape index (κ3) is 2.02. The van der Waals surface area contributed by atoms with Crippen LogP contribution in [0.25, 0.3) is 11.1 Å². The molecule has 0 unspecified atom stereocenters. The van der Waals surface area contributed by atoms with Gasteiger partial charge in [-0.2, -0.15) is 0 Å². The lowest BCUT2D eigenvalue weighted by Crippen LogP contribution is -1.89. The third-order valence-corrected chi connectivity index (χ3v) is 2.16. The number of nitrogens with zero attached hydrogens (tertiary/aromatic N) is 1. The Labute approximate surface area is 87.6 Å². The highest BCUT2D eigenvalue weighted by molar-refractivity contribution is 5.77. The number of carbonyl (C=O) groups is 1. The molecule has 1 aromatic heterocycles. The summed E-state index contributed by atoms with van der Waals surface area (Å²) in [4.78, 5) is 14.4. The van der Waals surface area contributed by atoms with Crippen LogP contribution < -0.4 is 5.73 Å². The van der Waals surface area contributed by atoms with Crippen molar-refractivity contribution in [3.8, 4) is 11.1 Å². The van der Waals surface area contributed by atoms with Gasteiger partial charge in [-0.15, -0.1) is 0 Å². The molecule has 0 atom stereocenters. The van der Waals surface area contributed by atoms with E-state index in [0.29, 0.717) is 11.4 Å². The smallest absolute Gasteiger partial charge is 0.150 e. The Kier molecular flexibility index (Phi) is 2.46. The molecule has 0 aliphatic heterocycles. The van der Waals surface area contributed by atoms with Crippen molar-refractivity contribution in [2.75, 3.05) is 5.73 Å². The lowest BCUT2D eigenvalue weighted by Gasteiger charge is -2.02. The molecule has 0 amide bonds. The van der Waals surface area contributed by atoms with Gasteiger partial charge in [0, 0.05) is 11.8 Å². The predicted octanol–water partition coefficient (Wildman–Crippen LogP) is 2.14. The summed E-state index contributed by atoms with van der Waals surface area (Å²) in [5.41, 5.74) is 8.27. The zero-order chi connectivity index (χ0) is 10.7. The van der Waals surface area contributed by atoms with Crippen LogP contribution in [0.3, 0.4) is 0 Å². The Morgan fingerprint density at radius 3 is 2.40 bits per heavy atom. The summed E-state index contributed by atoms with van der Waals surface area (Å²) in [7, 11) is 0. The topological polar surface area (TPSA) is 56.0 Å². The van der Waals surface area contributed by atoms with Gasteiger partial charge in [0.15, 0.2) is 0 Å². The van der Waals surface area contributed by atoms with E-state index in [4.69, 9.17) is 5.73 Å². The van der Waals surface area contributed by atoms with Crippen LogP contribution in [0.4, 0.5) is 5.82 Å². The molecule has 74 valence electrons. The molecule has 0 saturated carbocycles. The van der Waals surface area contributed by atoms with Gasteiger partial charge < -0.3 is 5.73 Å². The van der Waals surface area contributed by atoms with Crippen molar-refractivity contribution in [3.05, 3.63) is 48.2 Å². The highest BCUT2D eigenvalue weighted by atomic mass is 16.1.